The van der Waals surface area contributed by atoms with Gasteiger partial charge in [0, 0.05) is 4.88 Å². The van der Waals surface area contributed by atoms with Gasteiger partial charge in [0.25, 0.3) is 5.91 Å². The summed E-state index contributed by atoms with van der Waals surface area (Å²) in [6, 6.07) is 7.96. The molecule has 1 unspecified atom stereocenters. The van der Waals surface area contributed by atoms with Crippen LogP contribution in [0.2, 0.25) is 5.02 Å². The number of aryl methyl sites for hydroxylation is 1. The van der Waals surface area contributed by atoms with E-state index in [1.54, 1.807) is 24.3 Å². The van der Waals surface area contributed by atoms with Gasteiger partial charge in [0.2, 0.25) is 0 Å². The van der Waals surface area contributed by atoms with Crippen molar-refractivity contribution in [3.8, 4) is 11.3 Å². The van der Waals surface area contributed by atoms with Crippen LogP contribution in [0.5, 0.6) is 0 Å². The van der Waals surface area contributed by atoms with E-state index in [-0.39, 0.29) is 33.8 Å². The van der Waals surface area contributed by atoms with Crippen LogP contribution in [0.4, 0.5) is 4.39 Å². The van der Waals surface area contributed by atoms with E-state index in [0.29, 0.717) is 5.76 Å². The maximum absolute atomic E-state index is 14.2. The number of hydrogen-bond donors (Lipinski definition) is 1. The van der Waals surface area contributed by atoms with Crippen LogP contribution < -0.4 is 5.32 Å². The number of carbonyl (C=O) groups is 1. The third-order valence-electron chi connectivity index (χ3n) is 3.61. The van der Waals surface area contributed by atoms with Crippen molar-refractivity contribution in [2.45, 2.75) is 19.9 Å². The fourth-order valence-electron chi connectivity index (χ4n) is 2.41. The van der Waals surface area contributed by atoms with Crippen molar-refractivity contribution in [3.05, 3.63) is 62.8 Å². The van der Waals surface area contributed by atoms with Crippen LogP contribution in [-0.2, 0) is 0 Å². The average Bonchev–Trinajstić information content (AvgIpc) is 3.17. The summed E-state index contributed by atoms with van der Waals surface area (Å²) in [7, 11) is 0. The topological polar surface area (TPSA) is 55.1 Å². The second-order valence-corrected chi connectivity index (χ2v) is 6.66. The Hall–Kier alpha value is -2.18. The normalized spacial score (nSPS) is 12.2. The van der Waals surface area contributed by atoms with Gasteiger partial charge in [-0.1, -0.05) is 28.9 Å². The maximum atomic E-state index is 14.2. The number of rotatable bonds is 4. The summed E-state index contributed by atoms with van der Waals surface area (Å²) >= 11 is 7.63. The fourth-order valence-corrected chi connectivity index (χ4v) is 3.40. The molecule has 7 heteroatoms. The van der Waals surface area contributed by atoms with Crippen LogP contribution in [-0.4, -0.2) is 11.1 Å². The zero-order chi connectivity index (χ0) is 17.3. The van der Waals surface area contributed by atoms with E-state index in [9.17, 15) is 9.18 Å². The molecule has 0 aliphatic heterocycles. The minimum atomic E-state index is -0.559. The summed E-state index contributed by atoms with van der Waals surface area (Å²) in [4.78, 5) is 13.7. The summed E-state index contributed by atoms with van der Waals surface area (Å²) in [6.45, 7) is 3.48. The number of aromatic nitrogens is 1. The molecule has 0 bridgehead atoms. The van der Waals surface area contributed by atoms with Crippen molar-refractivity contribution < 1.29 is 13.7 Å². The molecule has 3 aromatic rings. The molecule has 1 aromatic carbocycles. The van der Waals surface area contributed by atoms with E-state index in [1.807, 2.05) is 24.4 Å². The monoisotopic (exact) mass is 364 g/mol. The predicted octanol–water partition coefficient (Wildman–Crippen LogP) is 5.00. The summed E-state index contributed by atoms with van der Waals surface area (Å²) in [6.07, 6.45) is 0. The lowest BCUT2D eigenvalue weighted by atomic mass is 10.0. The van der Waals surface area contributed by atoms with Crippen molar-refractivity contribution >= 4 is 28.8 Å². The Morgan fingerprint density at radius 3 is 2.83 bits per heavy atom. The number of carbonyl (C=O) groups excluding carboxylic acids is 1. The molecule has 124 valence electrons. The van der Waals surface area contributed by atoms with Crippen LogP contribution in [0.25, 0.3) is 11.3 Å². The average molecular weight is 365 g/mol. The maximum Gasteiger partial charge on any atom is 0.257 e. The predicted molar refractivity (Wildman–Crippen MR) is 91.8 cm³/mol. The van der Waals surface area contributed by atoms with Crippen LogP contribution in [0.3, 0.4) is 0 Å². The highest BCUT2D eigenvalue weighted by Gasteiger charge is 2.26. The number of thiophene rings is 1. The lowest BCUT2D eigenvalue weighted by Crippen LogP contribution is -2.26. The molecule has 2 aromatic heterocycles. The quantitative estimate of drug-likeness (QED) is 0.709. The van der Waals surface area contributed by atoms with Gasteiger partial charge >= 0.3 is 0 Å². The molecule has 0 aliphatic carbocycles. The minimum Gasteiger partial charge on any atom is -0.360 e. The SMILES string of the molecule is Cc1onc(-c2c(F)cccc2Cl)c1C(=O)NC(C)c1cccs1. The molecule has 1 N–H and O–H groups in total. The molecule has 1 atom stereocenters. The molecule has 0 radical (unpaired) electrons. The summed E-state index contributed by atoms with van der Waals surface area (Å²) in [5, 5.41) is 8.83. The van der Waals surface area contributed by atoms with Crippen LogP contribution in [0, 0.1) is 12.7 Å². The Morgan fingerprint density at radius 1 is 1.38 bits per heavy atom. The molecular formula is C17H14ClFN2O2S. The Bertz CT molecular complexity index is 857. The van der Waals surface area contributed by atoms with E-state index in [4.69, 9.17) is 16.1 Å². The molecule has 0 spiro atoms. The summed E-state index contributed by atoms with van der Waals surface area (Å²) in [5.74, 6) is -0.639. The Kier molecular flexibility index (Phi) is 4.69. The Morgan fingerprint density at radius 2 is 2.17 bits per heavy atom. The number of hydrogen-bond acceptors (Lipinski definition) is 4. The van der Waals surface area contributed by atoms with Gasteiger partial charge in [-0.2, -0.15) is 0 Å². The molecule has 3 rings (SSSR count). The second kappa shape index (κ2) is 6.75. The second-order valence-electron chi connectivity index (χ2n) is 5.27. The van der Waals surface area contributed by atoms with Gasteiger partial charge in [0.05, 0.1) is 16.6 Å². The van der Waals surface area contributed by atoms with Crippen LogP contribution in [0.15, 0.2) is 40.2 Å². The number of nitrogens with one attached hydrogen (secondary N) is 1. The number of amides is 1. The van der Waals surface area contributed by atoms with Crippen molar-refractivity contribution in [2.75, 3.05) is 0 Å². The largest absolute Gasteiger partial charge is 0.360 e. The minimum absolute atomic E-state index is 0.0601. The Labute approximate surface area is 147 Å². The first-order valence-electron chi connectivity index (χ1n) is 7.24. The van der Waals surface area contributed by atoms with E-state index >= 15 is 0 Å². The van der Waals surface area contributed by atoms with E-state index in [1.165, 1.54) is 12.1 Å². The molecule has 0 fully saturated rings. The number of halogens is 2. The highest BCUT2D eigenvalue weighted by Crippen LogP contribution is 2.33. The first-order chi connectivity index (χ1) is 11.5. The van der Waals surface area contributed by atoms with E-state index in [0.717, 1.165) is 4.88 Å². The van der Waals surface area contributed by atoms with Crippen molar-refractivity contribution in [3.63, 3.8) is 0 Å². The smallest absolute Gasteiger partial charge is 0.257 e. The molecule has 2 heterocycles. The molecule has 24 heavy (non-hydrogen) atoms. The standard InChI is InChI=1S/C17H14ClFN2O2S/c1-9(13-7-4-8-24-13)20-17(22)14-10(2)23-21-16(14)15-11(18)5-3-6-12(15)19/h3-9H,1-2H3,(H,20,22). The van der Waals surface area contributed by atoms with Crippen molar-refractivity contribution in [1.82, 2.24) is 10.5 Å². The van der Waals surface area contributed by atoms with Crippen molar-refractivity contribution in [2.24, 2.45) is 0 Å². The molecule has 0 saturated carbocycles. The van der Waals surface area contributed by atoms with Gasteiger partial charge in [0.15, 0.2) is 0 Å². The van der Waals surface area contributed by atoms with Gasteiger partial charge in [-0.3, -0.25) is 4.79 Å². The van der Waals surface area contributed by atoms with Gasteiger partial charge in [-0.25, -0.2) is 4.39 Å². The van der Waals surface area contributed by atoms with Crippen LogP contribution >= 0.6 is 22.9 Å². The van der Waals surface area contributed by atoms with Gasteiger partial charge < -0.3 is 9.84 Å². The molecule has 0 saturated heterocycles. The van der Waals surface area contributed by atoms with E-state index < -0.39 is 5.82 Å². The zero-order valence-corrected chi connectivity index (χ0v) is 14.5. The fraction of sp³-hybridized carbons (Fsp3) is 0.176. The zero-order valence-electron chi connectivity index (χ0n) is 13.0. The van der Waals surface area contributed by atoms with Gasteiger partial charge in [0.1, 0.15) is 22.8 Å². The third kappa shape index (κ3) is 3.07. The van der Waals surface area contributed by atoms with Gasteiger partial charge in [-0.05, 0) is 37.4 Å². The summed E-state index contributed by atoms with van der Waals surface area (Å²) < 4.78 is 19.3. The molecule has 4 nitrogen and oxygen atoms in total. The number of nitrogens with zero attached hydrogens (tertiary/aromatic N) is 1. The lowest BCUT2D eigenvalue weighted by molar-refractivity contribution is 0.0939. The van der Waals surface area contributed by atoms with Crippen molar-refractivity contribution in [1.29, 1.82) is 0 Å². The third-order valence-corrected chi connectivity index (χ3v) is 4.98. The molecule has 1 amide bonds. The first-order valence-corrected chi connectivity index (χ1v) is 8.49. The lowest BCUT2D eigenvalue weighted by Gasteiger charge is -2.12. The highest BCUT2D eigenvalue weighted by atomic mass is 35.5. The summed E-state index contributed by atoms with van der Waals surface area (Å²) in [5.41, 5.74) is 0.349. The van der Waals surface area contributed by atoms with Gasteiger partial charge in [-0.15, -0.1) is 11.3 Å². The Balaban J connectivity index is 1.97. The van der Waals surface area contributed by atoms with E-state index in [2.05, 4.69) is 10.5 Å². The highest BCUT2D eigenvalue weighted by molar-refractivity contribution is 7.10. The van der Waals surface area contributed by atoms with Crippen LogP contribution in [0.1, 0.15) is 34.0 Å². The molecular weight excluding hydrogens is 351 g/mol. The first kappa shape index (κ1) is 16.7. The number of benzene rings is 1. The molecule has 0 aliphatic rings.